The Morgan fingerprint density at radius 3 is 2.52 bits per heavy atom. The second-order valence-electron chi connectivity index (χ2n) is 6.45. The number of hydrogen-bond donors (Lipinski definition) is 1. The third-order valence-corrected chi connectivity index (χ3v) is 4.91. The van der Waals surface area contributed by atoms with Crippen molar-refractivity contribution in [3.05, 3.63) is 59.9 Å². The van der Waals surface area contributed by atoms with Crippen LogP contribution in [0.5, 0.6) is 0 Å². The second-order valence-corrected chi connectivity index (χ2v) is 7.40. The van der Waals surface area contributed by atoms with Gasteiger partial charge in [0.2, 0.25) is 5.91 Å². The smallest absolute Gasteiger partial charge is 0.234 e. The number of nitrogens with zero attached hydrogens (tertiary/aromatic N) is 3. The molecular formula is C20H21FN4OS. The third-order valence-electron chi connectivity index (χ3n) is 3.96. The lowest BCUT2D eigenvalue weighted by molar-refractivity contribution is -0.113. The first-order valence-electron chi connectivity index (χ1n) is 8.65. The first-order chi connectivity index (χ1) is 13.0. The Morgan fingerprint density at radius 1 is 1.15 bits per heavy atom. The molecule has 1 heterocycles. The fraction of sp³-hybridized carbons (Fsp3) is 0.250. The highest BCUT2D eigenvalue weighted by Gasteiger charge is 2.19. The maximum atomic E-state index is 14.2. The highest BCUT2D eigenvalue weighted by molar-refractivity contribution is 7.99. The van der Waals surface area contributed by atoms with Crippen LogP contribution in [-0.2, 0) is 4.79 Å². The van der Waals surface area contributed by atoms with Gasteiger partial charge in [0.05, 0.1) is 11.3 Å². The fourth-order valence-corrected chi connectivity index (χ4v) is 3.50. The van der Waals surface area contributed by atoms with Crippen molar-refractivity contribution in [1.82, 2.24) is 14.8 Å². The van der Waals surface area contributed by atoms with Crippen molar-refractivity contribution in [2.45, 2.75) is 32.0 Å². The molecular weight excluding hydrogens is 363 g/mol. The maximum Gasteiger partial charge on any atom is 0.234 e. The van der Waals surface area contributed by atoms with Crippen molar-refractivity contribution in [2.24, 2.45) is 0 Å². The first kappa shape index (κ1) is 19.1. The van der Waals surface area contributed by atoms with Crippen molar-refractivity contribution in [3.63, 3.8) is 0 Å². The van der Waals surface area contributed by atoms with Crippen LogP contribution in [-0.4, -0.2) is 26.4 Å². The van der Waals surface area contributed by atoms with Gasteiger partial charge in [0, 0.05) is 11.7 Å². The minimum Gasteiger partial charge on any atom is -0.325 e. The van der Waals surface area contributed by atoms with Gasteiger partial charge in [0.25, 0.3) is 0 Å². The molecule has 1 N–H and O–H groups in total. The maximum absolute atomic E-state index is 14.2. The van der Waals surface area contributed by atoms with E-state index in [0.717, 1.165) is 11.3 Å². The molecule has 1 aromatic heterocycles. The van der Waals surface area contributed by atoms with Crippen molar-refractivity contribution in [2.75, 3.05) is 11.1 Å². The monoisotopic (exact) mass is 384 g/mol. The summed E-state index contributed by atoms with van der Waals surface area (Å²) < 4.78 is 16.0. The molecule has 2 aromatic carbocycles. The molecule has 0 aliphatic rings. The van der Waals surface area contributed by atoms with Gasteiger partial charge in [-0.05, 0) is 45.0 Å². The van der Waals surface area contributed by atoms with Gasteiger partial charge in [-0.15, -0.1) is 10.2 Å². The van der Waals surface area contributed by atoms with Gasteiger partial charge < -0.3 is 5.32 Å². The van der Waals surface area contributed by atoms with Gasteiger partial charge in [-0.2, -0.15) is 0 Å². The van der Waals surface area contributed by atoms with Crippen molar-refractivity contribution >= 4 is 23.4 Å². The van der Waals surface area contributed by atoms with E-state index in [1.165, 1.54) is 17.8 Å². The number of benzene rings is 2. The van der Waals surface area contributed by atoms with E-state index >= 15 is 0 Å². The molecule has 0 fully saturated rings. The average molecular weight is 384 g/mol. The lowest BCUT2D eigenvalue weighted by Crippen LogP contribution is -2.15. The van der Waals surface area contributed by atoms with E-state index in [9.17, 15) is 9.18 Å². The van der Waals surface area contributed by atoms with Crippen LogP contribution < -0.4 is 5.32 Å². The fourth-order valence-electron chi connectivity index (χ4n) is 2.63. The number of rotatable bonds is 6. The van der Waals surface area contributed by atoms with Crippen molar-refractivity contribution < 1.29 is 9.18 Å². The number of carbonyl (C=O) groups is 1. The number of thioether (sulfide) groups is 1. The van der Waals surface area contributed by atoms with Crippen LogP contribution in [0.15, 0.2) is 53.7 Å². The number of anilines is 1. The van der Waals surface area contributed by atoms with Crippen LogP contribution >= 0.6 is 11.8 Å². The summed E-state index contributed by atoms with van der Waals surface area (Å²) in [6.45, 7) is 5.95. The average Bonchev–Trinajstić information content (AvgIpc) is 3.06. The molecule has 0 saturated heterocycles. The van der Waals surface area contributed by atoms with Gasteiger partial charge in [-0.1, -0.05) is 41.6 Å². The van der Waals surface area contributed by atoms with Crippen molar-refractivity contribution in [1.29, 1.82) is 0 Å². The number of aryl methyl sites for hydroxylation is 1. The first-order valence-corrected chi connectivity index (χ1v) is 9.63. The van der Waals surface area contributed by atoms with Crippen LogP contribution in [0, 0.1) is 12.7 Å². The van der Waals surface area contributed by atoms with E-state index in [1.807, 2.05) is 49.6 Å². The molecule has 0 bridgehead atoms. The number of carbonyl (C=O) groups excluding carboxylic acids is 1. The summed E-state index contributed by atoms with van der Waals surface area (Å²) in [7, 11) is 0. The molecule has 0 aliphatic carbocycles. The van der Waals surface area contributed by atoms with E-state index in [4.69, 9.17) is 0 Å². The Bertz CT molecular complexity index is 937. The summed E-state index contributed by atoms with van der Waals surface area (Å²) in [5.74, 6) is 0.176. The predicted molar refractivity (Wildman–Crippen MR) is 106 cm³/mol. The molecule has 3 aromatic rings. The number of amides is 1. The minimum absolute atomic E-state index is 0.0252. The molecule has 0 unspecified atom stereocenters. The zero-order valence-corrected chi connectivity index (χ0v) is 16.3. The van der Waals surface area contributed by atoms with Crippen molar-refractivity contribution in [3.8, 4) is 11.4 Å². The minimum atomic E-state index is -0.347. The van der Waals surface area contributed by atoms with Gasteiger partial charge >= 0.3 is 0 Å². The zero-order chi connectivity index (χ0) is 19.4. The SMILES string of the molecule is Cc1ccc(NC(=O)CSc2nnc(-c3ccccc3F)n2C(C)C)cc1. The van der Waals surface area contributed by atoms with E-state index in [-0.39, 0.29) is 23.5 Å². The molecule has 0 aliphatic heterocycles. The van der Waals surface area contributed by atoms with Gasteiger partial charge in [0.1, 0.15) is 5.82 Å². The molecule has 1 amide bonds. The zero-order valence-electron chi connectivity index (χ0n) is 15.4. The molecule has 27 heavy (non-hydrogen) atoms. The Balaban J connectivity index is 1.74. The topological polar surface area (TPSA) is 59.8 Å². The second kappa shape index (κ2) is 8.35. The molecule has 0 atom stereocenters. The summed E-state index contributed by atoms with van der Waals surface area (Å²) >= 11 is 1.28. The number of aromatic nitrogens is 3. The van der Waals surface area contributed by atoms with Gasteiger partial charge in [-0.3, -0.25) is 9.36 Å². The third kappa shape index (κ3) is 4.54. The van der Waals surface area contributed by atoms with Crippen LogP contribution in [0.2, 0.25) is 0 Å². The number of hydrogen-bond acceptors (Lipinski definition) is 4. The van der Waals surface area contributed by atoms with Crippen LogP contribution in [0.4, 0.5) is 10.1 Å². The quantitative estimate of drug-likeness (QED) is 0.626. The molecule has 0 spiro atoms. The molecule has 3 rings (SSSR count). The Kier molecular flexibility index (Phi) is 5.91. The van der Waals surface area contributed by atoms with E-state index in [0.29, 0.717) is 16.5 Å². The van der Waals surface area contributed by atoms with Gasteiger partial charge in [0.15, 0.2) is 11.0 Å². The van der Waals surface area contributed by atoms with Crippen LogP contribution in [0.1, 0.15) is 25.5 Å². The standard InChI is InChI=1S/C20H21FN4OS/c1-13(2)25-19(16-6-4-5-7-17(16)21)23-24-20(25)27-12-18(26)22-15-10-8-14(3)9-11-15/h4-11,13H,12H2,1-3H3,(H,22,26). The summed E-state index contributed by atoms with van der Waals surface area (Å²) in [4.78, 5) is 12.2. The number of nitrogens with one attached hydrogen (secondary N) is 1. The normalized spacial score (nSPS) is 11.0. The summed E-state index contributed by atoms with van der Waals surface area (Å²) in [6, 6.07) is 14.1. The van der Waals surface area contributed by atoms with E-state index in [2.05, 4.69) is 15.5 Å². The summed E-state index contributed by atoms with van der Waals surface area (Å²) in [6.07, 6.45) is 0. The predicted octanol–water partition coefficient (Wildman–Crippen LogP) is 4.70. The largest absolute Gasteiger partial charge is 0.325 e. The summed E-state index contributed by atoms with van der Waals surface area (Å²) in [5.41, 5.74) is 2.28. The molecule has 7 heteroatoms. The van der Waals surface area contributed by atoms with Crippen LogP contribution in [0.25, 0.3) is 11.4 Å². The highest BCUT2D eigenvalue weighted by atomic mass is 32.2. The summed E-state index contributed by atoms with van der Waals surface area (Å²) in [5, 5.41) is 11.8. The van der Waals surface area contributed by atoms with E-state index in [1.54, 1.807) is 18.2 Å². The Hall–Kier alpha value is -2.67. The Morgan fingerprint density at radius 2 is 1.85 bits per heavy atom. The van der Waals surface area contributed by atoms with Crippen LogP contribution in [0.3, 0.4) is 0 Å². The Labute approximate surface area is 162 Å². The van der Waals surface area contributed by atoms with E-state index < -0.39 is 0 Å². The lowest BCUT2D eigenvalue weighted by atomic mass is 10.2. The lowest BCUT2D eigenvalue weighted by Gasteiger charge is -2.14. The molecule has 5 nitrogen and oxygen atoms in total. The molecule has 0 radical (unpaired) electrons. The molecule has 0 saturated carbocycles. The van der Waals surface area contributed by atoms with Gasteiger partial charge in [-0.25, -0.2) is 4.39 Å². The highest BCUT2D eigenvalue weighted by Crippen LogP contribution is 2.29. The number of halogens is 1. The molecule has 140 valence electrons.